The third-order valence-electron chi connectivity index (χ3n) is 4.50. The van der Waals surface area contributed by atoms with Gasteiger partial charge in [-0.3, -0.25) is 0 Å². The summed E-state index contributed by atoms with van der Waals surface area (Å²) in [5, 5.41) is 3.76. The fourth-order valence-electron chi connectivity index (χ4n) is 3.47. The van der Waals surface area contributed by atoms with E-state index >= 15 is 0 Å². The van der Waals surface area contributed by atoms with Crippen molar-refractivity contribution in [3.63, 3.8) is 0 Å². The van der Waals surface area contributed by atoms with E-state index < -0.39 is 0 Å². The van der Waals surface area contributed by atoms with Gasteiger partial charge in [-0.25, -0.2) is 0 Å². The lowest BCUT2D eigenvalue weighted by molar-refractivity contribution is 0.303. The molecule has 0 bridgehead atoms. The summed E-state index contributed by atoms with van der Waals surface area (Å²) < 4.78 is 7.55. The molecule has 1 aliphatic carbocycles. The van der Waals surface area contributed by atoms with E-state index in [-0.39, 0.29) is 0 Å². The molecule has 1 aliphatic heterocycles. The van der Waals surface area contributed by atoms with Crippen LogP contribution in [0.3, 0.4) is 0 Å². The molecule has 1 spiro atoms. The van der Waals surface area contributed by atoms with Crippen LogP contribution < -0.4 is 15.0 Å². The van der Waals surface area contributed by atoms with E-state index in [1.54, 1.807) is 7.11 Å². The van der Waals surface area contributed by atoms with Crippen molar-refractivity contribution < 1.29 is 4.74 Å². The molecule has 2 fully saturated rings. The van der Waals surface area contributed by atoms with Crippen molar-refractivity contribution in [1.29, 1.82) is 0 Å². The van der Waals surface area contributed by atoms with Gasteiger partial charge in [-0.15, -0.1) is 0 Å². The first-order chi connectivity index (χ1) is 9.63. The average molecular weight is 404 g/mol. The standard InChI is InChI=1S/C15H20Br2N2O/c1-20-14-9-13(11(16)8-12(14)17)19-7-6-18-15(10-19)4-2-3-5-15/h8-9,18H,2-7,10H2,1H3. The zero-order valence-electron chi connectivity index (χ0n) is 11.7. The molecule has 110 valence electrons. The Labute approximate surface area is 137 Å². The van der Waals surface area contributed by atoms with E-state index in [0.717, 1.165) is 34.3 Å². The maximum Gasteiger partial charge on any atom is 0.135 e. The number of rotatable bonds is 2. The van der Waals surface area contributed by atoms with Gasteiger partial charge in [0.15, 0.2) is 0 Å². The van der Waals surface area contributed by atoms with Crippen LogP contribution in [0.1, 0.15) is 25.7 Å². The molecule has 0 atom stereocenters. The lowest BCUT2D eigenvalue weighted by atomic mass is 9.94. The van der Waals surface area contributed by atoms with Crippen molar-refractivity contribution in [3.8, 4) is 5.75 Å². The molecular weight excluding hydrogens is 384 g/mol. The molecule has 2 aliphatic rings. The molecule has 3 nitrogen and oxygen atoms in total. The van der Waals surface area contributed by atoms with Crippen LogP contribution >= 0.6 is 31.9 Å². The smallest absolute Gasteiger partial charge is 0.135 e. The number of nitrogens with one attached hydrogen (secondary N) is 1. The van der Waals surface area contributed by atoms with E-state index in [1.807, 2.05) is 0 Å². The first-order valence-corrected chi connectivity index (χ1v) is 8.75. The van der Waals surface area contributed by atoms with Gasteiger partial charge < -0.3 is 15.0 Å². The van der Waals surface area contributed by atoms with Crippen LogP contribution in [0.15, 0.2) is 21.1 Å². The summed E-state index contributed by atoms with van der Waals surface area (Å²) in [5.41, 5.74) is 1.57. The summed E-state index contributed by atoms with van der Waals surface area (Å²) in [4.78, 5) is 2.49. The maximum absolute atomic E-state index is 5.44. The second-order valence-electron chi connectivity index (χ2n) is 5.77. The van der Waals surface area contributed by atoms with Gasteiger partial charge in [0.1, 0.15) is 5.75 Å². The number of benzene rings is 1. The zero-order valence-corrected chi connectivity index (χ0v) is 14.9. The van der Waals surface area contributed by atoms with Crippen LogP contribution in [-0.2, 0) is 0 Å². The molecule has 0 unspecified atom stereocenters. The Hall–Kier alpha value is -0.260. The maximum atomic E-state index is 5.44. The molecule has 1 aromatic rings. The second kappa shape index (κ2) is 5.85. The molecule has 1 saturated heterocycles. The van der Waals surface area contributed by atoms with Gasteiger partial charge in [0.2, 0.25) is 0 Å². The van der Waals surface area contributed by atoms with Crippen molar-refractivity contribution >= 4 is 37.5 Å². The SMILES string of the molecule is COc1cc(N2CCNC3(CCCC3)C2)c(Br)cc1Br. The second-order valence-corrected chi connectivity index (χ2v) is 7.48. The lowest BCUT2D eigenvalue weighted by Crippen LogP contribution is -2.59. The number of halogens is 2. The molecule has 0 amide bonds. The largest absolute Gasteiger partial charge is 0.495 e. The minimum absolute atomic E-state index is 0.331. The van der Waals surface area contributed by atoms with Gasteiger partial charge in [0, 0.05) is 35.7 Å². The molecule has 1 N–H and O–H groups in total. The van der Waals surface area contributed by atoms with Crippen LogP contribution in [0.2, 0.25) is 0 Å². The Morgan fingerprint density at radius 2 is 1.95 bits per heavy atom. The highest BCUT2D eigenvalue weighted by atomic mass is 79.9. The van der Waals surface area contributed by atoms with E-state index in [1.165, 1.54) is 31.4 Å². The summed E-state index contributed by atoms with van der Waals surface area (Å²) in [6.45, 7) is 3.20. The Morgan fingerprint density at radius 3 is 2.65 bits per heavy atom. The van der Waals surface area contributed by atoms with E-state index in [9.17, 15) is 0 Å². The molecule has 3 rings (SSSR count). The summed E-state index contributed by atoms with van der Waals surface area (Å²) in [6.07, 6.45) is 5.31. The van der Waals surface area contributed by atoms with Gasteiger partial charge in [-0.1, -0.05) is 12.8 Å². The van der Waals surface area contributed by atoms with Gasteiger partial charge in [0.25, 0.3) is 0 Å². The molecule has 5 heteroatoms. The predicted octanol–water partition coefficient (Wildman–Crippen LogP) is 3.94. The predicted molar refractivity (Wildman–Crippen MR) is 89.8 cm³/mol. The monoisotopic (exact) mass is 402 g/mol. The highest BCUT2D eigenvalue weighted by Gasteiger charge is 2.38. The van der Waals surface area contributed by atoms with Crippen molar-refractivity contribution in [2.75, 3.05) is 31.6 Å². The summed E-state index contributed by atoms with van der Waals surface area (Å²) >= 11 is 7.23. The van der Waals surface area contributed by atoms with Crippen LogP contribution in [-0.4, -0.2) is 32.3 Å². The Balaban J connectivity index is 1.88. The number of methoxy groups -OCH3 is 1. The average Bonchev–Trinajstić information content (AvgIpc) is 2.87. The Kier molecular flexibility index (Phi) is 4.29. The fourth-order valence-corrected chi connectivity index (χ4v) is 4.87. The highest BCUT2D eigenvalue weighted by molar-refractivity contribution is 9.11. The molecular formula is C15H20Br2N2O. The quantitative estimate of drug-likeness (QED) is 0.809. The van der Waals surface area contributed by atoms with Crippen molar-refractivity contribution in [1.82, 2.24) is 5.32 Å². The minimum Gasteiger partial charge on any atom is -0.495 e. The zero-order chi connectivity index (χ0) is 14.2. The van der Waals surface area contributed by atoms with Gasteiger partial charge in [0.05, 0.1) is 17.3 Å². The van der Waals surface area contributed by atoms with Crippen molar-refractivity contribution in [2.24, 2.45) is 0 Å². The lowest BCUT2D eigenvalue weighted by Gasteiger charge is -2.43. The summed E-state index contributed by atoms with van der Waals surface area (Å²) in [6, 6.07) is 4.21. The number of piperazine rings is 1. The third kappa shape index (κ3) is 2.72. The van der Waals surface area contributed by atoms with E-state index in [2.05, 4.69) is 54.2 Å². The van der Waals surface area contributed by atoms with Gasteiger partial charge in [-0.2, -0.15) is 0 Å². The first-order valence-electron chi connectivity index (χ1n) is 7.17. The van der Waals surface area contributed by atoms with Crippen molar-refractivity contribution in [2.45, 2.75) is 31.2 Å². The normalized spacial score (nSPS) is 21.4. The van der Waals surface area contributed by atoms with E-state index in [4.69, 9.17) is 4.74 Å². The van der Waals surface area contributed by atoms with E-state index in [0.29, 0.717) is 5.54 Å². The highest BCUT2D eigenvalue weighted by Crippen LogP contribution is 2.39. The molecule has 1 saturated carbocycles. The van der Waals surface area contributed by atoms with Crippen molar-refractivity contribution in [3.05, 3.63) is 21.1 Å². The number of nitrogens with zero attached hydrogens (tertiary/aromatic N) is 1. The first kappa shape index (κ1) is 14.7. The minimum atomic E-state index is 0.331. The van der Waals surface area contributed by atoms with Gasteiger partial charge >= 0.3 is 0 Å². The number of hydrogen-bond donors (Lipinski definition) is 1. The third-order valence-corrected chi connectivity index (χ3v) is 5.75. The van der Waals surface area contributed by atoms with Crippen LogP contribution in [0.25, 0.3) is 0 Å². The number of hydrogen-bond acceptors (Lipinski definition) is 3. The molecule has 20 heavy (non-hydrogen) atoms. The molecule has 0 aromatic heterocycles. The molecule has 1 aromatic carbocycles. The molecule has 1 heterocycles. The van der Waals surface area contributed by atoms with Gasteiger partial charge in [-0.05, 0) is 50.8 Å². The van der Waals surface area contributed by atoms with Crippen LogP contribution in [0.5, 0.6) is 5.75 Å². The fraction of sp³-hybridized carbons (Fsp3) is 0.600. The topological polar surface area (TPSA) is 24.5 Å². The number of ether oxygens (including phenoxy) is 1. The summed E-state index contributed by atoms with van der Waals surface area (Å²) in [5.74, 6) is 0.891. The molecule has 0 radical (unpaired) electrons. The Morgan fingerprint density at radius 1 is 1.20 bits per heavy atom. The van der Waals surface area contributed by atoms with Crippen LogP contribution in [0, 0.1) is 0 Å². The number of anilines is 1. The van der Waals surface area contributed by atoms with Crippen LogP contribution in [0.4, 0.5) is 5.69 Å². The Bertz CT molecular complexity index is 501. The summed E-state index contributed by atoms with van der Waals surface area (Å²) in [7, 11) is 1.72.